The number of hydrogen-bond acceptors (Lipinski definition) is 5. The highest BCUT2D eigenvalue weighted by molar-refractivity contribution is 6.17. The van der Waals surface area contributed by atoms with E-state index < -0.39 is 18.2 Å². The van der Waals surface area contributed by atoms with Crippen LogP contribution in [0.2, 0.25) is 0 Å². The fourth-order valence-electron chi connectivity index (χ4n) is 1.63. The molecular formula is C13H17ClO5. The summed E-state index contributed by atoms with van der Waals surface area (Å²) >= 11 is 5.76. The van der Waals surface area contributed by atoms with E-state index in [2.05, 4.69) is 4.74 Å². The average molecular weight is 289 g/mol. The SMILES string of the molecule is CCOC(=O)C(O)C(O)c1ccc(OC)c(CCl)c1. The first-order valence-corrected chi connectivity index (χ1v) is 6.34. The molecule has 0 heterocycles. The van der Waals surface area contributed by atoms with Gasteiger partial charge >= 0.3 is 5.97 Å². The third-order valence-corrected chi connectivity index (χ3v) is 2.91. The Morgan fingerprint density at radius 3 is 2.63 bits per heavy atom. The molecule has 0 spiro atoms. The number of aliphatic hydroxyl groups excluding tert-OH is 2. The third kappa shape index (κ3) is 3.83. The number of carbonyl (C=O) groups is 1. The lowest BCUT2D eigenvalue weighted by Crippen LogP contribution is -2.29. The van der Waals surface area contributed by atoms with Crippen LogP contribution in [0.1, 0.15) is 24.2 Å². The van der Waals surface area contributed by atoms with Gasteiger partial charge in [-0.2, -0.15) is 0 Å². The Kier molecular flexibility index (Phi) is 6.08. The molecule has 0 fully saturated rings. The second kappa shape index (κ2) is 7.33. The zero-order chi connectivity index (χ0) is 14.4. The van der Waals surface area contributed by atoms with Crippen LogP contribution < -0.4 is 4.74 Å². The van der Waals surface area contributed by atoms with Gasteiger partial charge in [-0.25, -0.2) is 4.79 Å². The molecule has 19 heavy (non-hydrogen) atoms. The smallest absolute Gasteiger partial charge is 0.338 e. The highest BCUT2D eigenvalue weighted by atomic mass is 35.5. The van der Waals surface area contributed by atoms with Crippen LogP contribution in [0, 0.1) is 0 Å². The molecule has 0 aliphatic carbocycles. The van der Waals surface area contributed by atoms with Crippen LogP contribution in [0.4, 0.5) is 0 Å². The van der Waals surface area contributed by atoms with Gasteiger partial charge in [-0.15, -0.1) is 11.6 Å². The number of rotatable bonds is 6. The first-order chi connectivity index (χ1) is 9.04. The van der Waals surface area contributed by atoms with Crippen molar-refractivity contribution in [2.45, 2.75) is 25.0 Å². The van der Waals surface area contributed by atoms with E-state index in [0.29, 0.717) is 16.9 Å². The van der Waals surface area contributed by atoms with Gasteiger partial charge in [0.15, 0.2) is 6.10 Å². The maximum absolute atomic E-state index is 11.4. The summed E-state index contributed by atoms with van der Waals surface area (Å²) < 4.78 is 9.75. The number of carbonyl (C=O) groups excluding carboxylic acids is 1. The van der Waals surface area contributed by atoms with E-state index in [1.807, 2.05) is 0 Å². The molecule has 1 aromatic carbocycles. The van der Waals surface area contributed by atoms with Crippen molar-refractivity contribution in [3.05, 3.63) is 29.3 Å². The summed E-state index contributed by atoms with van der Waals surface area (Å²) in [5.74, 6) is -0.0889. The summed E-state index contributed by atoms with van der Waals surface area (Å²) in [5.41, 5.74) is 1.04. The van der Waals surface area contributed by atoms with Crippen LogP contribution in [0.25, 0.3) is 0 Å². The van der Waals surface area contributed by atoms with Crippen LogP contribution in [0.3, 0.4) is 0 Å². The van der Waals surface area contributed by atoms with Crippen LogP contribution >= 0.6 is 11.6 Å². The number of methoxy groups -OCH3 is 1. The van der Waals surface area contributed by atoms with Crippen LogP contribution in [-0.2, 0) is 15.4 Å². The molecule has 0 aliphatic heterocycles. The topological polar surface area (TPSA) is 76.0 Å². The Morgan fingerprint density at radius 1 is 1.42 bits per heavy atom. The number of alkyl halides is 1. The molecule has 6 heteroatoms. The quantitative estimate of drug-likeness (QED) is 0.611. The van der Waals surface area contributed by atoms with Crippen molar-refractivity contribution in [1.29, 1.82) is 0 Å². The summed E-state index contributed by atoms with van der Waals surface area (Å²) in [6.07, 6.45) is -3.00. The van der Waals surface area contributed by atoms with Crippen molar-refractivity contribution in [1.82, 2.24) is 0 Å². The van der Waals surface area contributed by atoms with E-state index in [9.17, 15) is 15.0 Å². The number of benzene rings is 1. The normalized spacial score (nSPS) is 13.7. The van der Waals surface area contributed by atoms with E-state index in [-0.39, 0.29) is 12.5 Å². The van der Waals surface area contributed by atoms with Gasteiger partial charge in [0, 0.05) is 5.56 Å². The highest BCUT2D eigenvalue weighted by Gasteiger charge is 2.27. The largest absolute Gasteiger partial charge is 0.496 e. The van der Waals surface area contributed by atoms with E-state index in [0.717, 1.165) is 0 Å². The van der Waals surface area contributed by atoms with Crippen LogP contribution in [-0.4, -0.2) is 36.0 Å². The minimum absolute atomic E-state index is 0.137. The summed E-state index contributed by atoms with van der Waals surface area (Å²) in [6, 6.07) is 4.76. The Labute approximate surface area is 116 Å². The van der Waals surface area contributed by atoms with Crippen molar-refractivity contribution in [2.24, 2.45) is 0 Å². The Hall–Kier alpha value is -1.30. The van der Waals surface area contributed by atoms with Gasteiger partial charge in [-0.1, -0.05) is 6.07 Å². The number of ether oxygens (including phenoxy) is 2. The Morgan fingerprint density at radius 2 is 2.11 bits per heavy atom. The maximum Gasteiger partial charge on any atom is 0.338 e. The first-order valence-electron chi connectivity index (χ1n) is 5.80. The molecule has 0 bridgehead atoms. The molecule has 2 unspecified atom stereocenters. The molecule has 0 aromatic heterocycles. The molecule has 0 saturated heterocycles. The van der Waals surface area contributed by atoms with E-state index >= 15 is 0 Å². The van der Waals surface area contributed by atoms with Gasteiger partial charge in [0.1, 0.15) is 11.9 Å². The molecular weight excluding hydrogens is 272 g/mol. The maximum atomic E-state index is 11.4. The number of esters is 1. The van der Waals surface area contributed by atoms with Crippen LogP contribution in [0.15, 0.2) is 18.2 Å². The predicted octanol–water partition coefficient (Wildman–Crippen LogP) is 1.39. The molecule has 0 aliphatic rings. The van der Waals surface area contributed by atoms with Gasteiger partial charge in [-0.3, -0.25) is 0 Å². The minimum atomic E-state index is -1.63. The molecule has 0 radical (unpaired) electrons. The zero-order valence-corrected chi connectivity index (χ0v) is 11.6. The highest BCUT2D eigenvalue weighted by Crippen LogP contribution is 2.26. The van der Waals surface area contributed by atoms with Gasteiger partial charge in [0.05, 0.1) is 19.6 Å². The number of halogens is 1. The van der Waals surface area contributed by atoms with Gasteiger partial charge in [0.25, 0.3) is 0 Å². The van der Waals surface area contributed by atoms with Crippen LogP contribution in [0.5, 0.6) is 5.75 Å². The third-order valence-electron chi connectivity index (χ3n) is 2.62. The molecule has 0 amide bonds. The summed E-state index contributed by atoms with van der Waals surface area (Å²) in [6.45, 7) is 1.76. The van der Waals surface area contributed by atoms with Crippen molar-refractivity contribution in [3.63, 3.8) is 0 Å². The fourth-order valence-corrected chi connectivity index (χ4v) is 1.83. The van der Waals surface area contributed by atoms with Crippen molar-refractivity contribution < 1.29 is 24.5 Å². The van der Waals surface area contributed by atoms with E-state index in [1.54, 1.807) is 25.1 Å². The Bertz CT molecular complexity index is 435. The number of hydrogen-bond donors (Lipinski definition) is 2. The second-order valence-corrected chi connectivity index (χ2v) is 4.11. The van der Waals surface area contributed by atoms with Crippen molar-refractivity contribution in [3.8, 4) is 5.75 Å². The zero-order valence-electron chi connectivity index (χ0n) is 10.8. The minimum Gasteiger partial charge on any atom is -0.496 e. The molecule has 106 valence electrons. The summed E-state index contributed by atoms with van der Waals surface area (Å²) in [4.78, 5) is 11.4. The Balaban J connectivity index is 2.93. The van der Waals surface area contributed by atoms with Gasteiger partial charge < -0.3 is 19.7 Å². The standard InChI is InChI=1S/C13H17ClO5/c1-3-19-13(17)12(16)11(15)8-4-5-10(18-2)9(6-8)7-14/h4-6,11-12,15-16H,3,7H2,1-2H3. The molecule has 1 rings (SSSR count). The second-order valence-electron chi connectivity index (χ2n) is 3.85. The molecule has 0 saturated carbocycles. The summed E-state index contributed by atoms with van der Waals surface area (Å²) in [5, 5.41) is 19.6. The molecule has 5 nitrogen and oxygen atoms in total. The van der Waals surface area contributed by atoms with E-state index in [1.165, 1.54) is 7.11 Å². The average Bonchev–Trinajstić information content (AvgIpc) is 2.45. The van der Waals surface area contributed by atoms with Crippen molar-refractivity contribution >= 4 is 17.6 Å². The first kappa shape index (κ1) is 15.8. The lowest BCUT2D eigenvalue weighted by atomic mass is 10.0. The lowest BCUT2D eigenvalue weighted by Gasteiger charge is -2.18. The monoisotopic (exact) mass is 288 g/mol. The lowest BCUT2D eigenvalue weighted by molar-refractivity contribution is -0.159. The number of aliphatic hydroxyl groups is 2. The van der Waals surface area contributed by atoms with Gasteiger partial charge in [0.2, 0.25) is 0 Å². The van der Waals surface area contributed by atoms with Crippen molar-refractivity contribution in [2.75, 3.05) is 13.7 Å². The summed E-state index contributed by atoms with van der Waals surface area (Å²) in [7, 11) is 1.51. The van der Waals surface area contributed by atoms with E-state index in [4.69, 9.17) is 16.3 Å². The fraction of sp³-hybridized carbons (Fsp3) is 0.462. The molecule has 2 N–H and O–H groups in total. The van der Waals surface area contributed by atoms with Gasteiger partial charge in [-0.05, 0) is 24.6 Å². The molecule has 1 aromatic rings. The predicted molar refractivity (Wildman–Crippen MR) is 70.2 cm³/mol. The molecule has 2 atom stereocenters.